The van der Waals surface area contributed by atoms with E-state index in [-0.39, 0.29) is 6.47 Å². The lowest BCUT2D eigenvalue weighted by molar-refractivity contribution is -0.122. The van der Waals surface area contributed by atoms with Crippen LogP contribution in [0.1, 0.15) is 50.5 Å². The molecule has 128 valence electrons. The van der Waals surface area contributed by atoms with Gasteiger partial charge in [-0.25, -0.2) is 0 Å². The number of fused-ring (bicyclic) bond motifs is 1. The Morgan fingerprint density at radius 2 is 1.71 bits per heavy atom. The van der Waals surface area contributed by atoms with E-state index in [2.05, 4.69) is 47.8 Å². The zero-order chi connectivity index (χ0) is 16.8. The molecule has 2 N–H and O–H groups in total. The Morgan fingerprint density at radius 1 is 1.00 bits per heavy atom. The van der Waals surface area contributed by atoms with Crippen molar-refractivity contribution in [2.75, 3.05) is 6.54 Å². The number of benzene rings is 2. The van der Waals surface area contributed by atoms with Crippen molar-refractivity contribution in [3.63, 3.8) is 0 Å². The van der Waals surface area contributed by atoms with Crippen molar-refractivity contribution >= 4 is 17.2 Å². The third kappa shape index (κ3) is 3.32. The Morgan fingerprint density at radius 3 is 2.38 bits per heavy atom. The third-order valence-electron chi connectivity index (χ3n) is 5.80. The van der Waals surface area contributed by atoms with Crippen LogP contribution in [0.2, 0.25) is 0 Å². The van der Waals surface area contributed by atoms with Gasteiger partial charge in [0.05, 0.1) is 0 Å². The number of rotatable bonds is 2. The van der Waals surface area contributed by atoms with Crippen LogP contribution in [0.4, 0.5) is 0 Å². The summed E-state index contributed by atoms with van der Waals surface area (Å²) in [5.74, 6) is 0. The number of carbonyl (C=O) groups is 1. The van der Waals surface area contributed by atoms with Gasteiger partial charge in [-0.3, -0.25) is 4.79 Å². The molecule has 3 heteroatoms. The summed E-state index contributed by atoms with van der Waals surface area (Å²) in [4.78, 5) is 8.36. The fourth-order valence-electron chi connectivity index (χ4n) is 4.68. The summed E-state index contributed by atoms with van der Waals surface area (Å²) < 4.78 is 0. The van der Waals surface area contributed by atoms with E-state index in [1.807, 2.05) is 0 Å². The molecule has 2 fully saturated rings. The second-order valence-electron chi connectivity index (χ2n) is 7.03. The molecule has 24 heavy (non-hydrogen) atoms. The smallest absolute Gasteiger partial charge is 0.290 e. The van der Waals surface area contributed by atoms with Crippen LogP contribution in [0.3, 0.4) is 0 Å². The number of nitrogens with one attached hydrogen (secondary N) is 1. The van der Waals surface area contributed by atoms with Gasteiger partial charge in [0.1, 0.15) is 0 Å². The molecule has 0 radical (unpaired) electrons. The quantitative estimate of drug-likeness (QED) is 0.800. The van der Waals surface area contributed by atoms with Gasteiger partial charge in [0, 0.05) is 11.5 Å². The monoisotopic (exact) mass is 325 g/mol. The molecule has 2 aliphatic rings. The van der Waals surface area contributed by atoms with E-state index in [0.717, 1.165) is 0 Å². The summed E-state index contributed by atoms with van der Waals surface area (Å²) in [6, 6.07) is 16.7. The summed E-state index contributed by atoms with van der Waals surface area (Å²) in [6.45, 7) is 0.958. The first-order chi connectivity index (χ1) is 11.8. The van der Waals surface area contributed by atoms with E-state index in [9.17, 15) is 0 Å². The predicted octanol–water partition coefficient (Wildman–Crippen LogP) is 4.49. The Labute approximate surface area is 144 Å². The molecule has 3 nitrogen and oxygen atoms in total. The highest BCUT2D eigenvalue weighted by atomic mass is 16.3. The van der Waals surface area contributed by atoms with Crippen LogP contribution in [0, 0.1) is 0 Å². The van der Waals surface area contributed by atoms with Gasteiger partial charge >= 0.3 is 0 Å². The first-order valence-electron chi connectivity index (χ1n) is 9.11. The Balaban J connectivity index is 0.000000526. The Kier molecular flexibility index (Phi) is 5.52. The van der Waals surface area contributed by atoms with Crippen LogP contribution >= 0.6 is 0 Å². The molecule has 1 aliphatic carbocycles. The van der Waals surface area contributed by atoms with Gasteiger partial charge in [-0.1, -0.05) is 61.7 Å². The molecule has 1 unspecified atom stereocenters. The molecule has 0 bridgehead atoms. The average molecular weight is 325 g/mol. The zero-order valence-corrected chi connectivity index (χ0v) is 14.2. The first-order valence-corrected chi connectivity index (χ1v) is 9.11. The summed E-state index contributed by atoms with van der Waals surface area (Å²) >= 11 is 0. The molecule has 4 rings (SSSR count). The summed E-state index contributed by atoms with van der Waals surface area (Å²) in [7, 11) is 0. The summed E-state index contributed by atoms with van der Waals surface area (Å²) in [6.07, 6.45) is 9.64. The van der Waals surface area contributed by atoms with Crippen LogP contribution in [0.15, 0.2) is 42.5 Å². The van der Waals surface area contributed by atoms with Crippen molar-refractivity contribution < 1.29 is 9.90 Å². The van der Waals surface area contributed by atoms with Gasteiger partial charge in [0.15, 0.2) is 0 Å². The molecule has 1 saturated heterocycles. The van der Waals surface area contributed by atoms with Crippen molar-refractivity contribution in [3.8, 4) is 0 Å². The standard InChI is InChI=1S/C20H25N.CH2O2/c1-4-12-20(13-5-1,19-9-6-14-21-19)18-11-10-16-7-2-3-8-17(16)15-18;2-1-3/h2-3,7-8,10-11,15,19,21H,1,4-6,9,12-14H2;1H,(H,2,3). The molecule has 0 spiro atoms. The molecular weight excluding hydrogens is 298 g/mol. The largest absolute Gasteiger partial charge is 0.483 e. The fraction of sp³-hybridized carbons (Fsp3) is 0.476. The van der Waals surface area contributed by atoms with Crippen LogP contribution in [-0.4, -0.2) is 24.2 Å². The molecule has 2 aromatic carbocycles. The highest BCUT2D eigenvalue weighted by Gasteiger charge is 2.42. The first kappa shape index (κ1) is 17.0. The molecule has 1 aliphatic heterocycles. The highest BCUT2D eigenvalue weighted by molar-refractivity contribution is 5.83. The summed E-state index contributed by atoms with van der Waals surface area (Å²) in [5, 5.41) is 13.5. The molecule has 2 aromatic rings. The molecule has 1 saturated carbocycles. The number of hydrogen-bond donors (Lipinski definition) is 2. The van der Waals surface area contributed by atoms with Gasteiger partial charge < -0.3 is 10.4 Å². The van der Waals surface area contributed by atoms with Crippen LogP contribution in [-0.2, 0) is 10.2 Å². The maximum Gasteiger partial charge on any atom is 0.290 e. The third-order valence-corrected chi connectivity index (χ3v) is 5.80. The molecule has 1 heterocycles. The van der Waals surface area contributed by atoms with Crippen LogP contribution < -0.4 is 5.32 Å². The lowest BCUT2D eigenvalue weighted by Gasteiger charge is -2.43. The topological polar surface area (TPSA) is 49.3 Å². The summed E-state index contributed by atoms with van der Waals surface area (Å²) in [5.41, 5.74) is 1.97. The van der Waals surface area contributed by atoms with E-state index < -0.39 is 0 Å². The normalized spacial score (nSPS) is 22.6. The Bertz CT molecular complexity index is 670. The SMILES string of the molecule is O=CO.c1ccc2cc(C3(C4CCCN4)CCCCC3)ccc2c1. The highest BCUT2D eigenvalue weighted by Crippen LogP contribution is 2.45. The van der Waals surface area contributed by atoms with Crippen molar-refractivity contribution in [2.45, 2.75) is 56.4 Å². The van der Waals surface area contributed by atoms with E-state index in [1.165, 1.54) is 62.3 Å². The van der Waals surface area contributed by atoms with Crippen molar-refractivity contribution in [1.29, 1.82) is 0 Å². The zero-order valence-electron chi connectivity index (χ0n) is 14.2. The maximum absolute atomic E-state index is 8.36. The van der Waals surface area contributed by atoms with E-state index in [4.69, 9.17) is 9.90 Å². The van der Waals surface area contributed by atoms with Gasteiger partial charge in [0.2, 0.25) is 0 Å². The van der Waals surface area contributed by atoms with Crippen LogP contribution in [0.25, 0.3) is 10.8 Å². The van der Waals surface area contributed by atoms with E-state index in [0.29, 0.717) is 11.5 Å². The number of carboxylic acid groups (broad SMARTS) is 1. The van der Waals surface area contributed by atoms with Crippen molar-refractivity contribution in [3.05, 3.63) is 48.0 Å². The average Bonchev–Trinajstić information content (AvgIpc) is 3.18. The molecule has 0 amide bonds. The van der Waals surface area contributed by atoms with Gasteiger partial charge in [-0.05, 0) is 48.6 Å². The van der Waals surface area contributed by atoms with Crippen molar-refractivity contribution in [1.82, 2.24) is 5.32 Å². The minimum absolute atomic E-state index is 0.250. The van der Waals surface area contributed by atoms with E-state index >= 15 is 0 Å². The molecule has 0 aromatic heterocycles. The maximum atomic E-state index is 8.36. The fourth-order valence-corrected chi connectivity index (χ4v) is 4.68. The number of hydrogen-bond acceptors (Lipinski definition) is 2. The van der Waals surface area contributed by atoms with Gasteiger partial charge in [0.25, 0.3) is 6.47 Å². The predicted molar refractivity (Wildman–Crippen MR) is 98.4 cm³/mol. The molecule has 1 atom stereocenters. The Hall–Kier alpha value is -1.87. The van der Waals surface area contributed by atoms with Gasteiger partial charge in [-0.15, -0.1) is 0 Å². The van der Waals surface area contributed by atoms with Crippen molar-refractivity contribution in [2.24, 2.45) is 0 Å². The minimum atomic E-state index is -0.250. The second kappa shape index (κ2) is 7.80. The minimum Gasteiger partial charge on any atom is -0.483 e. The van der Waals surface area contributed by atoms with Crippen LogP contribution in [0.5, 0.6) is 0 Å². The second-order valence-corrected chi connectivity index (χ2v) is 7.03. The lowest BCUT2D eigenvalue weighted by Crippen LogP contribution is -2.46. The van der Waals surface area contributed by atoms with Gasteiger partial charge in [-0.2, -0.15) is 0 Å². The van der Waals surface area contributed by atoms with E-state index in [1.54, 1.807) is 5.56 Å². The lowest BCUT2D eigenvalue weighted by atomic mass is 9.64. The molecular formula is C21H27NO2.